The van der Waals surface area contributed by atoms with Gasteiger partial charge >= 0.3 is 5.97 Å². The van der Waals surface area contributed by atoms with Gasteiger partial charge in [0.15, 0.2) is 0 Å². The predicted molar refractivity (Wildman–Crippen MR) is 103 cm³/mol. The molecule has 1 saturated carbocycles. The molecule has 0 radical (unpaired) electrons. The average Bonchev–Trinajstić information content (AvgIpc) is 2.68. The van der Waals surface area contributed by atoms with Crippen LogP contribution in [0, 0.1) is 0 Å². The Bertz CT molecular complexity index is 947. The summed E-state index contributed by atoms with van der Waals surface area (Å²) in [6.45, 7) is 0. The number of phenolic OH excluding ortho intramolecular Hbond substituents is 2. The smallest absolute Gasteiger partial charge is 0.337 e. The van der Waals surface area contributed by atoms with Crippen molar-refractivity contribution in [3.05, 3.63) is 53.6 Å². The highest BCUT2D eigenvalue weighted by molar-refractivity contribution is 7.89. The maximum absolute atomic E-state index is 12.6. The van der Waals surface area contributed by atoms with Crippen LogP contribution in [0.2, 0.25) is 0 Å². The van der Waals surface area contributed by atoms with Crippen molar-refractivity contribution in [1.29, 1.82) is 0 Å². The van der Waals surface area contributed by atoms with Gasteiger partial charge < -0.3 is 14.9 Å². The third-order valence-electron chi connectivity index (χ3n) is 5.09. The lowest BCUT2D eigenvalue weighted by molar-refractivity contribution is 0.0600. The molecule has 0 amide bonds. The minimum absolute atomic E-state index is 0.0147. The van der Waals surface area contributed by atoms with Crippen LogP contribution in [0.3, 0.4) is 0 Å². The van der Waals surface area contributed by atoms with E-state index in [2.05, 4.69) is 9.46 Å². The van der Waals surface area contributed by atoms with Crippen molar-refractivity contribution >= 4 is 16.0 Å². The van der Waals surface area contributed by atoms with Crippen molar-refractivity contribution in [3.8, 4) is 11.5 Å². The van der Waals surface area contributed by atoms with Crippen LogP contribution in [-0.2, 0) is 14.8 Å². The minimum Gasteiger partial charge on any atom is -0.508 e. The van der Waals surface area contributed by atoms with Gasteiger partial charge in [-0.2, -0.15) is 0 Å². The number of phenols is 2. The Morgan fingerprint density at radius 3 is 2.25 bits per heavy atom. The number of hydrogen-bond acceptors (Lipinski definition) is 6. The first-order valence-electron chi connectivity index (χ1n) is 9.03. The highest BCUT2D eigenvalue weighted by Crippen LogP contribution is 2.38. The molecule has 2 aromatic carbocycles. The fraction of sp³-hybridized carbons (Fsp3) is 0.350. The topological polar surface area (TPSA) is 113 Å². The van der Waals surface area contributed by atoms with Gasteiger partial charge in [-0.15, -0.1) is 0 Å². The summed E-state index contributed by atoms with van der Waals surface area (Å²) in [4.78, 5) is 11.6. The number of carbonyl (C=O) groups is 1. The third-order valence-corrected chi connectivity index (χ3v) is 6.62. The first-order valence-corrected chi connectivity index (χ1v) is 10.5. The zero-order valence-corrected chi connectivity index (χ0v) is 16.3. The van der Waals surface area contributed by atoms with Crippen LogP contribution >= 0.6 is 0 Å². The molecule has 1 aliphatic rings. The van der Waals surface area contributed by atoms with Gasteiger partial charge in [-0.1, -0.05) is 6.07 Å². The number of aromatic hydroxyl groups is 2. The van der Waals surface area contributed by atoms with E-state index in [1.54, 1.807) is 12.1 Å². The second kappa shape index (κ2) is 8.20. The minimum atomic E-state index is -3.69. The van der Waals surface area contributed by atoms with Gasteiger partial charge in [0.1, 0.15) is 11.5 Å². The SMILES string of the molecule is COC(=O)c1ccc(S(=O)(=O)N[C@H]2CC[C@@H](c3ccc(O)cc3O)CC2)cc1. The van der Waals surface area contributed by atoms with Crippen molar-refractivity contribution in [1.82, 2.24) is 4.72 Å². The Balaban J connectivity index is 1.62. The van der Waals surface area contributed by atoms with Crippen LogP contribution in [-0.4, -0.2) is 37.8 Å². The lowest BCUT2D eigenvalue weighted by Crippen LogP contribution is -2.37. The Hall–Kier alpha value is -2.58. The molecule has 0 spiro atoms. The van der Waals surface area contributed by atoms with Gasteiger partial charge in [0.05, 0.1) is 17.6 Å². The van der Waals surface area contributed by atoms with Crippen LogP contribution in [0.4, 0.5) is 0 Å². The van der Waals surface area contributed by atoms with E-state index in [1.165, 1.54) is 37.4 Å². The maximum atomic E-state index is 12.6. The average molecular weight is 405 g/mol. The summed E-state index contributed by atoms with van der Waals surface area (Å²) in [6.07, 6.45) is 2.74. The Labute approximate surface area is 164 Å². The lowest BCUT2D eigenvalue weighted by Gasteiger charge is -2.29. The summed E-state index contributed by atoms with van der Waals surface area (Å²) in [5.41, 5.74) is 1.06. The van der Waals surface area contributed by atoms with Gasteiger partial charge in [0.25, 0.3) is 0 Å². The van der Waals surface area contributed by atoms with Crippen LogP contribution in [0.1, 0.15) is 47.5 Å². The molecular weight excluding hydrogens is 382 g/mol. The molecule has 28 heavy (non-hydrogen) atoms. The highest BCUT2D eigenvalue weighted by Gasteiger charge is 2.27. The second-order valence-corrected chi connectivity index (χ2v) is 8.64. The Morgan fingerprint density at radius 2 is 1.68 bits per heavy atom. The normalized spacial score (nSPS) is 19.9. The van der Waals surface area contributed by atoms with Crippen LogP contribution < -0.4 is 4.72 Å². The largest absolute Gasteiger partial charge is 0.508 e. The van der Waals surface area contributed by atoms with Crippen LogP contribution in [0.15, 0.2) is 47.4 Å². The molecule has 3 N–H and O–H groups in total. The zero-order chi connectivity index (χ0) is 20.3. The number of nitrogens with one attached hydrogen (secondary N) is 1. The molecule has 0 aliphatic heterocycles. The maximum Gasteiger partial charge on any atom is 0.337 e. The quantitative estimate of drug-likeness (QED) is 0.659. The first kappa shape index (κ1) is 20.2. The van der Waals surface area contributed by atoms with Crippen molar-refractivity contribution < 1.29 is 28.2 Å². The van der Waals surface area contributed by atoms with E-state index in [4.69, 9.17) is 0 Å². The van der Waals surface area contributed by atoms with Crippen molar-refractivity contribution in [3.63, 3.8) is 0 Å². The molecule has 2 aromatic rings. The number of methoxy groups -OCH3 is 1. The fourth-order valence-corrected chi connectivity index (χ4v) is 4.88. The van der Waals surface area contributed by atoms with E-state index in [-0.39, 0.29) is 33.9 Å². The molecule has 1 aliphatic carbocycles. The van der Waals surface area contributed by atoms with E-state index in [0.717, 1.165) is 18.4 Å². The molecule has 3 rings (SSSR count). The Kier molecular flexibility index (Phi) is 5.90. The third kappa shape index (κ3) is 4.45. The summed E-state index contributed by atoms with van der Waals surface area (Å²) in [5.74, 6) is -0.316. The van der Waals surface area contributed by atoms with Gasteiger partial charge in [-0.25, -0.2) is 17.9 Å². The summed E-state index contributed by atoms with van der Waals surface area (Å²) in [5, 5.41) is 19.4. The molecule has 0 atom stereocenters. The molecule has 0 unspecified atom stereocenters. The van der Waals surface area contributed by atoms with E-state index >= 15 is 0 Å². The number of hydrogen-bond donors (Lipinski definition) is 3. The van der Waals surface area contributed by atoms with Crippen molar-refractivity contribution in [2.75, 3.05) is 7.11 Å². The zero-order valence-electron chi connectivity index (χ0n) is 15.5. The van der Waals surface area contributed by atoms with Crippen LogP contribution in [0.5, 0.6) is 11.5 Å². The van der Waals surface area contributed by atoms with Gasteiger partial charge in [-0.3, -0.25) is 0 Å². The number of esters is 1. The molecular formula is C20H23NO6S. The molecule has 0 aromatic heterocycles. The molecule has 0 saturated heterocycles. The number of ether oxygens (including phenoxy) is 1. The van der Waals surface area contributed by atoms with E-state index < -0.39 is 16.0 Å². The number of carbonyl (C=O) groups excluding carboxylic acids is 1. The van der Waals surface area contributed by atoms with Crippen LogP contribution in [0.25, 0.3) is 0 Å². The first-order chi connectivity index (χ1) is 13.3. The number of sulfonamides is 1. The summed E-state index contributed by atoms with van der Waals surface area (Å²) in [6, 6.07) is 9.99. The van der Waals surface area contributed by atoms with Gasteiger partial charge in [0.2, 0.25) is 10.0 Å². The molecule has 7 nitrogen and oxygen atoms in total. The lowest BCUT2D eigenvalue weighted by atomic mass is 9.81. The highest BCUT2D eigenvalue weighted by atomic mass is 32.2. The summed E-state index contributed by atoms with van der Waals surface area (Å²) in [7, 11) is -2.42. The standard InChI is InChI=1S/C20H23NO6S/c1-27-20(24)14-4-9-17(10-5-14)28(25,26)21-15-6-2-13(3-7-15)18-11-8-16(22)12-19(18)23/h4-5,8-13,15,21-23H,2-3,6-7H2,1H3/t13-,15+. The molecule has 0 heterocycles. The van der Waals surface area contributed by atoms with E-state index in [1.807, 2.05) is 0 Å². The molecule has 150 valence electrons. The molecule has 8 heteroatoms. The Morgan fingerprint density at radius 1 is 1.04 bits per heavy atom. The van der Waals surface area contributed by atoms with Crippen molar-refractivity contribution in [2.24, 2.45) is 0 Å². The summed E-state index contributed by atoms with van der Waals surface area (Å²) >= 11 is 0. The fourth-order valence-electron chi connectivity index (χ4n) is 3.58. The second-order valence-electron chi connectivity index (χ2n) is 6.93. The van der Waals surface area contributed by atoms with E-state index in [9.17, 15) is 23.4 Å². The number of benzene rings is 2. The number of rotatable bonds is 5. The summed E-state index contributed by atoms with van der Waals surface area (Å²) < 4.78 is 32.5. The van der Waals surface area contributed by atoms with Gasteiger partial charge in [0, 0.05) is 12.1 Å². The van der Waals surface area contributed by atoms with Gasteiger partial charge in [-0.05, 0) is 67.5 Å². The van der Waals surface area contributed by atoms with E-state index in [0.29, 0.717) is 12.8 Å². The van der Waals surface area contributed by atoms with Crippen molar-refractivity contribution in [2.45, 2.75) is 42.5 Å². The predicted octanol–water partition coefficient (Wildman–Crippen LogP) is 2.89. The molecule has 1 fully saturated rings. The molecule has 0 bridgehead atoms. The monoisotopic (exact) mass is 405 g/mol.